The van der Waals surface area contributed by atoms with Crippen LogP contribution in [0.25, 0.3) is 0 Å². The molecule has 1 saturated heterocycles. The second-order valence-corrected chi connectivity index (χ2v) is 4.34. The number of carboxylic acid groups (broad SMARTS) is 1. The number of ether oxygens (including phenoxy) is 1. The molecule has 15 heavy (non-hydrogen) atoms. The van der Waals surface area contributed by atoms with Gasteiger partial charge in [0.25, 0.3) is 0 Å². The van der Waals surface area contributed by atoms with Gasteiger partial charge in [-0.15, -0.1) is 0 Å². The van der Waals surface area contributed by atoms with E-state index >= 15 is 0 Å². The van der Waals surface area contributed by atoms with Crippen LogP contribution >= 0.6 is 0 Å². The fraction of sp³-hybridized carbons (Fsp3) is 0.909. The van der Waals surface area contributed by atoms with Crippen LogP contribution in [0.5, 0.6) is 0 Å². The third kappa shape index (κ3) is 3.47. The zero-order chi connectivity index (χ0) is 11.3. The third-order valence-corrected chi connectivity index (χ3v) is 3.18. The van der Waals surface area contributed by atoms with Gasteiger partial charge in [-0.2, -0.15) is 0 Å². The molecule has 2 atom stereocenters. The van der Waals surface area contributed by atoms with Crippen molar-refractivity contribution in [1.29, 1.82) is 0 Å². The van der Waals surface area contributed by atoms with Crippen LogP contribution in [0.3, 0.4) is 0 Å². The average Bonchev–Trinajstić information content (AvgIpc) is 2.18. The van der Waals surface area contributed by atoms with E-state index in [1.54, 1.807) is 0 Å². The Morgan fingerprint density at radius 1 is 1.67 bits per heavy atom. The number of hydrogen-bond acceptors (Lipinski definition) is 3. The first kappa shape index (κ1) is 12.5. The molecule has 1 rings (SSSR count). The van der Waals surface area contributed by atoms with Gasteiger partial charge in [0.15, 0.2) is 0 Å². The molecule has 4 nitrogen and oxygen atoms in total. The van der Waals surface area contributed by atoms with E-state index in [0.717, 1.165) is 25.7 Å². The molecule has 2 unspecified atom stereocenters. The summed E-state index contributed by atoms with van der Waals surface area (Å²) >= 11 is 0. The molecule has 0 bridgehead atoms. The van der Waals surface area contributed by atoms with E-state index in [0.29, 0.717) is 6.61 Å². The van der Waals surface area contributed by atoms with Crippen LogP contribution in [-0.2, 0) is 9.53 Å². The Morgan fingerprint density at radius 3 is 2.93 bits per heavy atom. The lowest BCUT2D eigenvalue weighted by Crippen LogP contribution is -2.51. The molecule has 1 heterocycles. The van der Waals surface area contributed by atoms with Gasteiger partial charge in [0.1, 0.15) is 0 Å². The van der Waals surface area contributed by atoms with Gasteiger partial charge in [-0.25, -0.2) is 0 Å². The number of nitrogens with one attached hydrogen (secondary N) is 1. The molecule has 2 N–H and O–H groups in total. The molecule has 4 heteroatoms. The predicted molar refractivity (Wildman–Crippen MR) is 57.9 cm³/mol. The van der Waals surface area contributed by atoms with Gasteiger partial charge in [0.05, 0.1) is 12.5 Å². The summed E-state index contributed by atoms with van der Waals surface area (Å²) < 4.78 is 5.62. The molecule has 0 aliphatic carbocycles. The molecule has 0 aromatic rings. The standard InChI is InChI=1S/C11H21NO3/c1-3-4-9-7-11(12-2,5-6-15-9)8-10(13)14/h9,12H,3-8H2,1-2H3,(H,13,14). The van der Waals surface area contributed by atoms with Gasteiger partial charge in [0.2, 0.25) is 0 Å². The summed E-state index contributed by atoms with van der Waals surface area (Å²) in [6.45, 7) is 2.79. The zero-order valence-electron chi connectivity index (χ0n) is 9.58. The Morgan fingerprint density at radius 2 is 2.40 bits per heavy atom. The Labute approximate surface area is 91.0 Å². The Hall–Kier alpha value is -0.610. The summed E-state index contributed by atoms with van der Waals surface area (Å²) in [5.41, 5.74) is -0.260. The van der Waals surface area contributed by atoms with Gasteiger partial charge in [-0.05, 0) is 26.3 Å². The molecule has 1 aliphatic rings. The van der Waals surface area contributed by atoms with Gasteiger partial charge >= 0.3 is 5.97 Å². The van der Waals surface area contributed by atoms with Crippen molar-refractivity contribution < 1.29 is 14.6 Å². The first-order valence-electron chi connectivity index (χ1n) is 5.64. The highest BCUT2D eigenvalue weighted by Gasteiger charge is 2.37. The molecule has 0 saturated carbocycles. The maximum absolute atomic E-state index is 10.8. The van der Waals surface area contributed by atoms with E-state index in [9.17, 15) is 4.79 Å². The number of carboxylic acids is 1. The minimum atomic E-state index is -0.735. The van der Waals surface area contributed by atoms with Crippen molar-refractivity contribution >= 4 is 5.97 Å². The molecule has 0 radical (unpaired) electrons. The largest absolute Gasteiger partial charge is 0.481 e. The molecule has 1 aliphatic heterocycles. The van der Waals surface area contributed by atoms with Crippen LogP contribution in [0.4, 0.5) is 0 Å². The van der Waals surface area contributed by atoms with Crippen molar-refractivity contribution in [3.63, 3.8) is 0 Å². The van der Waals surface area contributed by atoms with E-state index in [1.165, 1.54) is 0 Å². The summed E-state index contributed by atoms with van der Waals surface area (Å²) in [5, 5.41) is 12.1. The number of hydrogen-bond donors (Lipinski definition) is 2. The van der Waals surface area contributed by atoms with Crippen molar-refractivity contribution in [2.45, 2.75) is 50.7 Å². The summed E-state index contributed by atoms with van der Waals surface area (Å²) in [6, 6.07) is 0. The lowest BCUT2D eigenvalue weighted by atomic mass is 9.83. The molecule has 88 valence electrons. The van der Waals surface area contributed by atoms with Crippen molar-refractivity contribution in [2.75, 3.05) is 13.7 Å². The number of rotatable bonds is 5. The number of carbonyl (C=O) groups is 1. The van der Waals surface area contributed by atoms with Crippen LogP contribution < -0.4 is 5.32 Å². The van der Waals surface area contributed by atoms with Crippen LogP contribution in [0.2, 0.25) is 0 Å². The zero-order valence-corrected chi connectivity index (χ0v) is 9.58. The number of aliphatic carboxylic acids is 1. The Kier molecular flexibility index (Phi) is 4.54. The molecule has 0 amide bonds. The van der Waals surface area contributed by atoms with E-state index in [2.05, 4.69) is 12.2 Å². The van der Waals surface area contributed by atoms with Crippen molar-refractivity contribution in [3.05, 3.63) is 0 Å². The highest BCUT2D eigenvalue weighted by molar-refractivity contribution is 5.68. The molecule has 0 aromatic heterocycles. The second kappa shape index (κ2) is 5.47. The lowest BCUT2D eigenvalue weighted by molar-refractivity contribution is -0.140. The topological polar surface area (TPSA) is 58.6 Å². The van der Waals surface area contributed by atoms with Gasteiger partial charge in [-0.3, -0.25) is 4.79 Å². The summed E-state index contributed by atoms with van der Waals surface area (Å²) in [5.74, 6) is -0.735. The van der Waals surface area contributed by atoms with E-state index in [-0.39, 0.29) is 18.1 Å². The van der Waals surface area contributed by atoms with Crippen LogP contribution in [0.15, 0.2) is 0 Å². The monoisotopic (exact) mass is 215 g/mol. The summed E-state index contributed by atoms with van der Waals surface area (Å²) in [4.78, 5) is 10.8. The fourth-order valence-electron chi connectivity index (χ4n) is 2.29. The third-order valence-electron chi connectivity index (χ3n) is 3.18. The van der Waals surface area contributed by atoms with E-state index < -0.39 is 5.97 Å². The lowest BCUT2D eigenvalue weighted by Gasteiger charge is -2.40. The van der Waals surface area contributed by atoms with Gasteiger partial charge in [-0.1, -0.05) is 13.3 Å². The Bertz CT molecular complexity index is 218. The first-order valence-corrected chi connectivity index (χ1v) is 5.64. The quantitative estimate of drug-likeness (QED) is 0.727. The molecule has 0 aromatic carbocycles. The Balaban J connectivity index is 2.59. The minimum Gasteiger partial charge on any atom is -0.481 e. The average molecular weight is 215 g/mol. The van der Waals surface area contributed by atoms with Crippen LogP contribution in [-0.4, -0.2) is 36.4 Å². The maximum Gasteiger partial charge on any atom is 0.305 e. The van der Waals surface area contributed by atoms with Crippen molar-refractivity contribution in [2.24, 2.45) is 0 Å². The SMILES string of the molecule is CCCC1CC(CC(=O)O)(NC)CCO1. The summed E-state index contributed by atoms with van der Waals surface area (Å²) in [7, 11) is 1.84. The van der Waals surface area contributed by atoms with Gasteiger partial charge < -0.3 is 15.2 Å². The van der Waals surface area contributed by atoms with Gasteiger partial charge in [0, 0.05) is 12.1 Å². The maximum atomic E-state index is 10.8. The van der Waals surface area contributed by atoms with E-state index in [1.807, 2.05) is 7.05 Å². The van der Waals surface area contributed by atoms with Crippen LogP contribution in [0, 0.1) is 0 Å². The normalized spacial score (nSPS) is 31.5. The summed E-state index contributed by atoms with van der Waals surface area (Å²) in [6.07, 6.45) is 4.10. The van der Waals surface area contributed by atoms with Crippen molar-refractivity contribution in [3.8, 4) is 0 Å². The highest BCUT2D eigenvalue weighted by Crippen LogP contribution is 2.29. The molecule has 1 fully saturated rings. The molecular weight excluding hydrogens is 194 g/mol. The predicted octanol–water partition coefficient (Wildman–Crippen LogP) is 1.40. The molecular formula is C11H21NO3. The minimum absolute atomic E-state index is 0.188. The second-order valence-electron chi connectivity index (χ2n) is 4.34. The van der Waals surface area contributed by atoms with Crippen molar-refractivity contribution in [1.82, 2.24) is 5.32 Å². The first-order chi connectivity index (χ1) is 7.12. The smallest absolute Gasteiger partial charge is 0.305 e. The van der Waals surface area contributed by atoms with Crippen LogP contribution in [0.1, 0.15) is 39.0 Å². The fourth-order valence-corrected chi connectivity index (χ4v) is 2.29. The van der Waals surface area contributed by atoms with E-state index in [4.69, 9.17) is 9.84 Å². The molecule has 0 spiro atoms. The highest BCUT2D eigenvalue weighted by atomic mass is 16.5.